The van der Waals surface area contributed by atoms with Gasteiger partial charge < -0.3 is 5.11 Å². The predicted octanol–water partition coefficient (Wildman–Crippen LogP) is 1.32. The lowest BCUT2D eigenvalue weighted by Crippen LogP contribution is -2.33. The number of nitrogens with zero attached hydrogens (tertiary/aromatic N) is 1. The van der Waals surface area contributed by atoms with E-state index >= 15 is 0 Å². The average molecular weight is 207 g/mol. The fraction of sp³-hybridized carbons (Fsp3) is 0.273. The average Bonchev–Trinajstić information content (AvgIpc) is 2.26. The molecule has 1 rings (SSSR count). The molecule has 0 aliphatic heterocycles. The maximum atomic E-state index is 11.4. The first-order chi connectivity index (χ1) is 7.15. The second kappa shape index (κ2) is 5.14. The van der Waals surface area contributed by atoms with Crippen LogP contribution in [-0.2, 0) is 9.59 Å². The monoisotopic (exact) mass is 207 g/mol. The Balaban J connectivity index is 2.84. The molecule has 0 atom stereocenters. The summed E-state index contributed by atoms with van der Waals surface area (Å²) in [6.45, 7) is 3.02. The number of amides is 1. The third-order valence-electron chi connectivity index (χ3n) is 2.02. The molecule has 4 heteroatoms. The minimum atomic E-state index is -1.04. The molecule has 0 aromatic heterocycles. The van der Waals surface area contributed by atoms with Crippen LogP contribution < -0.4 is 0 Å². The smallest absolute Gasteiger partial charge is 0.323 e. The highest BCUT2D eigenvalue weighted by molar-refractivity contribution is 5.91. The van der Waals surface area contributed by atoms with Crippen molar-refractivity contribution in [3.8, 4) is 0 Å². The van der Waals surface area contributed by atoms with Crippen molar-refractivity contribution in [2.45, 2.75) is 12.8 Å². The molecule has 0 spiro atoms. The van der Waals surface area contributed by atoms with Crippen molar-refractivity contribution < 1.29 is 14.7 Å². The van der Waals surface area contributed by atoms with Gasteiger partial charge in [0.1, 0.15) is 6.54 Å². The Morgan fingerprint density at radius 2 is 2.27 bits per heavy atom. The lowest BCUT2D eigenvalue weighted by atomic mass is 10.1. The summed E-state index contributed by atoms with van der Waals surface area (Å²) in [5.74, 6) is -1.43. The number of carboxylic acid groups (broad SMARTS) is 1. The number of hydrogen-bond donors (Lipinski definition) is 1. The molecule has 0 heterocycles. The molecule has 1 aliphatic carbocycles. The zero-order valence-electron chi connectivity index (χ0n) is 8.35. The van der Waals surface area contributed by atoms with E-state index in [1.807, 2.05) is 12.2 Å². The van der Waals surface area contributed by atoms with Crippen LogP contribution in [0.25, 0.3) is 0 Å². The highest BCUT2D eigenvalue weighted by Crippen LogP contribution is 2.14. The van der Waals surface area contributed by atoms with E-state index in [1.165, 1.54) is 4.90 Å². The first-order valence-electron chi connectivity index (χ1n) is 4.67. The fourth-order valence-corrected chi connectivity index (χ4v) is 1.34. The van der Waals surface area contributed by atoms with Crippen LogP contribution in [0, 0.1) is 0 Å². The van der Waals surface area contributed by atoms with Gasteiger partial charge in [-0.25, -0.2) is 0 Å². The molecule has 1 N–H and O–H groups in total. The van der Waals surface area contributed by atoms with E-state index < -0.39 is 11.9 Å². The van der Waals surface area contributed by atoms with Gasteiger partial charge in [-0.2, -0.15) is 0 Å². The van der Waals surface area contributed by atoms with Crippen molar-refractivity contribution >= 4 is 11.9 Å². The molecule has 0 unspecified atom stereocenters. The largest absolute Gasteiger partial charge is 0.480 e. The molecule has 0 radical (unpaired) electrons. The van der Waals surface area contributed by atoms with Crippen molar-refractivity contribution in [1.29, 1.82) is 0 Å². The Morgan fingerprint density at radius 1 is 1.53 bits per heavy atom. The maximum absolute atomic E-state index is 11.4. The molecule has 0 aromatic rings. The van der Waals surface area contributed by atoms with Crippen LogP contribution in [0.1, 0.15) is 12.8 Å². The van der Waals surface area contributed by atoms with Crippen molar-refractivity contribution in [3.63, 3.8) is 0 Å². The van der Waals surface area contributed by atoms with Gasteiger partial charge in [0, 0.05) is 5.70 Å². The number of carbonyl (C=O) groups is 2. The molecular weight excluding hydrogens is 194 g/mol. The van der Waals surface area contributed by atoms with Gasteiger partial charge in [-0.15, -0.1) is 0 Å². The van der Waals surface area contributed by atoms with E-state index in [9.17, 15) is 9.59 Å². The standard InChI is InChI=1S/C11H13NO3/c1-2-10(13)12(8-11(14)15)9-6-4-3-5-7-9/h2,4,6-7H,1,3,5,8H2,(H,14,15). The Labute approximate surface area is 88.2 Å². The van der Waals surface area contributed by atoms with E-state index in [2.05, 4.69) is 6.58 Å². The van der Waals surface area contributed by atoms with Gasteiger partial charge in [-0.3, -0.25) is 14.5 Å². The Hall–Kier alpha value is -1.84. The summed E-state index contributed by atoms with van der Waals surface area (Å²) in [5, 5.41) is 8.68. The maximum Gasteiger partial charge on any atom is 0.323 e. The summed E-state index contributed by atoms with van der Waals surface area (Å²) >= 11 is 0. The number of rotatable bonds is 4. The topological polar surface area (TPSA) is 57.6 Å². The fourth-order valence-electron chi connectivity index (χ4n) is 1.34. The van der Waals surface area contributed by atoms with Crippen molar-refractivity contribution in [1.82, 2.24) is 4.90 Å². The number of allylic oxidation sites excluding steroid dienone is 3. The van der Waals surface area contributed by atoms with E-state index in [-0.39, 0.29) is 6.54 Å². The minimum Gasteiger partial charge on any atom is -0.480 e. The molecule has 0 aromatic carbocycles. The zero-order valence-corrected chi connectivity index (χ0v) is 8.35. The molecule has 0 saturated carbocycles. The molecule has 0 fully saturated rings. The van der Waals surface area contributed by atoms with Crippen molar-refractivity contribution in [2.75, 3.05) is 6.54 Å². The normalized spacial score (nSPS) is 14.3. The summed E-state index contributed by atoms with van der Waals surface area (Å²) in [6.07, 6.45) is 8.39. The van der Waals surface area contributed by atoms with Crippen LogP contribution in [0.3, 0.4) is 0 Å². The van der Waals surface area contributed by atoms with Gasteiger partial charge in [0.15, 0.2) is 0 Å². The third-order valence-corrected chi connectivity index (χ3v) is 2.02. The van der Waals surface area contributed by atoms with Gasteiger partial charge >= 0.3 is 5.97 Å². The number of carbonyl (C=O) groups excluding carboxylic acids is 1. The Bertz CT molecular complexity index is 342. The van der Waals surface area contributed by atoms with Crippen molar-refractivity contribution in [3.05, 3.63) is 36.6 Å². The lowest BCUT2D eigenvalue weighted by Gasteiger charge is -2.21. The number of hydrogen-bond acceptors (Lipinski definition) is 2. The van der Waals surface area contributed by atoms with Crippen LogP contribution >= 0.6 is 0 Å². The van der Waals surface area contributed by atoms with Crippen LogP contribution in [-0.4, -0.2) is 28.4 Å². The Kier molecular flexibility index (Phi) is 3.85. The van der Waals surface area contributed by atoms with Gasteiger partial charge in [-0.1, -0.05) is 18.7 Å². The minimum absolute atomic E-state index is 0.332. The van der Waals surface area contributed by atoms with Gasteiger partial charge in [0.05, 0.1) is 0 Å². The Morgan fingerprint density at radius 3 is 2.73 bits per heavy atom. The number of aliphatic carboxylic acids is 1. The molecule has 1 amide bonds. The quantitative estimate of drug-likeness (QED) is 0.707. The van der Waals surface area contributed by atoms with E-state index in [1.54, 1.807) is 6.08 Å². The zero-order chi connectivity index (χ0) is 11.3. The van der Waals surface area contributed by atoms with E-state index in [0.717, 1.165) is 18.9 Å². The van der Waals surface area contributed by atoms with Crippen LogP contribution in [0.5, 0.6) is 0 Å². The van der Waals surface area contributed by atoms with Gasteiger partial charge in [-0.05, 0) is 25.0 Å². The highest BCUT2D eigenvalue weighted by atomic mass is 16.4. The number of carboxylic acids is 1. The van der Waals surface area contributed by atoms with E-state index in [4.69, 9.17) is 5.11 Å². The summed E-state index contributed by atoms with van der Waals surface area (Å²) < 4.78 is 0. The SMILES string of the molecule is C=CC(=O)N(CC(=O)O)C1=CCCC=C1. The first kappa shape index (κ1) is 11.2. The van der Waals surface area contributed by atoms with Crippen LogP contribution in [0.2, 0.25) is 0 Å². The summed E-state index contributed by atoms with van der Waals surface area (Å²) in [7, 11) is 0. The first-order valence-corrected chi connectivity index (χ1v) is 4.67. The molecule has 1 aliphatic rings. The molecule has 4 nitrogen and oxygen atoms in total. The van der Waals surface area contributed by atoms with Crippen LogP contribution in [0.4, 0.5) is 0 Å². The second-order valence-electron chi connectivity index (χ2n) is 3.13. The summed E-state index contributed by atoms with van der Waals surface area (Å²) in [4.78, 5) is 23.2. The predicted molar refractivity (Wildman–Crippen MR) is 56.0 cm³/mol. The molecular formula is C11H13NO3. The second-order valence-corrected chi connectivity index (χ2v) is 3.13. The molecule has 80 valence electrons. The third kappa shape index (κ3) is 3.09. The van der Waals surface area contributed by atoms with Gasteiger partial charge in [0.2, 0.25) is 0 Å². The summed E-state index contributed by atoms with van der Waals surface area (Å²) in [5.41, 5.74) is 0.633. The lowest BCUT2D eigenvalue weighted by molar-refractivity contribution is -0.141. The molecule has 0 bridgehead atoms. The molecule has 0 saturated heterocycles. The summed E-state index contributed by atoms with van der Waals surface area (Å²) in [6, 6.07) is 0. The van der Waals surface area contributed by atoms with Gasteiger partial charge in [0.25, 0.3) is 5.91 Å². The van der Waals surface area contributed by atoms with E-state index in [0.29, 0.717) is 5.70 Å². The van der Waals surface area contributed by atoms with Crippen molar-refractivity contribution in [2.24, 2.45) is 0 Å². The molecule has 15 heavy (non-hydrogen) atoms. The highest BCUT2D eigenvalue weighted by Gasteiger charge is 2.17. The van der Waals surface area contributed by atoms with Crippen LogP contribution in [0.15, 0.2) is 36.6 Å².